The number of aromatic nitrogens is 2. The maximum Gasteiger partial charge on any atom is 0.180 e. The lowest BCUT2D eigenvalue weighted by Crippen LogP contribution is -2.39. The third kappa shape index (κ3) is 2.45. The van der Waals surface area contributed by atoms with Crippen LogP contribution in [0.3, 0.4) is 0 Å². The van der Waals surface area contributed by atoms with Crippen molar-refractivity contribution in [2.75, 3.05) is 19.8 Å². The molecule has 2 aromatic rings. The first-order valence-electron chi connectivity index (χ1n) is 5.94. The largest absolute Gasteiger partial charge is 0.451 e. The van der Waals surface area contributed by atoms with Gasteiger partial charge in [-0.1, -0.05) is 0 Å². The Balaban J connectivity index is 1.77. The van der Waals surface area contributed by atoms with E-state index in [0.717, 1.165) is 36.1 Å². The summed E-state index contributed by atoms with van der Waals surface area (Å²) in [6.07, 6.45) is 3.16. The first-order valence-corrected chi connectivity index (χ1v) is 6.82. The topological polar surface area (TPSA) is 51.4 Å². The molecular formula is C12H15N3O2S. The summed E-state index contributed by atoms with van der Waals surface area (Å²) in [6.45, 7) is 5.16. The van der Waals surface area contributed by atoms with E-state index in [1.54, 1.807) is 17.6 Å². The second-order valence-corrected chi connectivity index (χ2v) is 5.26. The van der Waals surface area contributed by atoms with Gasteiger partial charge in [-0.2, -0.15) is 0 Å². The van der Waals surface area contributed by atoms with Crippen LogP contribution >= 0.6 is 11.3 Å². The Labute approximate surface area is 109 Å². The molecule has 1 aliphatic heterocycles. The Hall–Kier alpha value is -1.24. The molecule has 3 rings (SSSR count). The number of aryl methyl sites for hydroxylation is 1. The number of morpholine rings is 1. The second-order valence-electron chi connectivity index (χ2n) is 4.37. The summed E-state index contributed by atoms with van der Waals surface area (Å²) in [7, 11) is 0. The number of hydrogen-bond donors (Lipinski definition) is 0. The third-order valence-corrected chi connectivity index (χ3v) is 4.07. The van der Waals surface area contributed by atoms with Gasteiger partial charge >= 0.3 is 0 Å². The molecule has 0 N–H and O–H groups in total. The monoisotopic (exact) mass is 265 g/mol. The van der Waals surface area contributed by atoms with Crippen molar-refractivity contribution >= 4 is 11.3 Å². The van der Waals surface area contributed by atoms with Crippen molar-refractivity contribution in [3.05, 3.63) is 34.4 Å². The zero-order chi connectivity index (χ0) is 12.4. The average Bonchev–Trinajstić information content (AvgIpc) is 3.02. The Morgan fingerprint density at radius 2 is 2.50 bits per heavy atom. The van der Waals surface area contributed by atoms with Crippen LogP contribution in [0.1, 0.15) is 22.4 Å². The van der Waals surface area contributed by atoms with Crippen molar-refractivity contribution in [3.63, 3.8) is 0 Å². The molecule has 1 fully saturated rings. The average molecular weight is 265 g/mol. The van der Waals surface area contributed by atoms with Gasteiger partial charge in [0.25, 0.3) is 0 Å². The van der Waals surface area contributed by atoms with E-state index in [9.17, 15) is 0 Å². The quantitative estimate of drug-likeness (QED) is 0.849. The highest BCUT2D eigenvalue weighted by Crippen LogP contribution is 2.27. The first-order chi connectivity index (χ1) is 8.83. The van der Waals surface area contributed by atoms with Crippen molar-refractivity contribution in [1.29, 1.82) is 0 Å². The lowest BCUT2D eigenvalue weighted by atomic mass is 10.2. The summed E-state index contributed by atoms with van der Waals surface area (Å²) in [5.41, 5.74) is 2.03. The van der Waals surface area contributed by atoms with Crippen molar-refractivity contribution in [1.82, 2.24) is 14.9 Å². The molecule has 5 nitrogen and oxygen atoms in total. The van der Waals surface area contributed by atoms with E-state index in [4.69, 9.17) is 9.15 Å². The molecule has 2 aromatic heterocycles. The Bertz CT molecular complexity index is 497. The van der Waals surface area contributed by atoms with E-state index in [2.05, 4.69) is 20.2 Å². The van der Waals surface area contributed by atoms with Gasteiger partial charge in [-0.25, -0.2) is 9.97 Å². The standard InChI is InChI=1S/C12H15N3O2S/c1-9-7-18-12(14-9)11-6-16-3-2-15(11)4-10-5-17-8-13-10/h5,7-8,11H,2-4,6H2,1H3. The lowest BCUT2D eigenvalue weighted by molar-refractivity contribution is -0.0133. The van der Waals surface area contributed by atoms with Crippen molar-refractivity contribution in [2.45, 2.75) is 19.5 Å². The van der Waals surface area contributed by atoms with Crippen LogP contribution in [0.15, 0.2) is 22.5 Å². The van der Waals surface area contributed by atoms with Crippen molar-refractivity contribution < 1.29 is 9.15 Å². The Morgan fingerprint density at radius 3 is 3.22 bits per heavy atom. The van der Waals surface area contributed by atoms with E-state index in [0.29, 0.717) is 6.61 Å². The van der Waals surface area contributed by atoms with Crippen LogP contribution in [0, 0.1) is 6.92 Å². The molecule has 6 heteroatoms. The van der Waals surface area contributed by atoms with Gasteiger partial charge in [-0.05, 0) is 6.92 Å². The molecule has 0 aromatic carbocycles. The molecule has 1 aliphatic rings. The minimum absolute atomic E-state index is 0.231. The van der Waals surface area contributed by atoms with Crippen LogP contribution in [-0.4, -0.2) is 34.6 Å². The predicted molar refractivity (Wildman–Crippen MR) is 67.3 cm³/mol. The highest BCUT2D eigenvalue weighted by molar-refractivity contribution is 7.09. The molecule has 0 bridgehead atoms. The Kier molecular flexibility index (Phi) is 3.40. The summed E-state index contributed by atoms with van der Waals surface area (Å²) >= 11 is 1.70. The van der Waals surface area contributed by atoms with Gasteiger partial charge in [0.05, 0.1) is 24.9 Å². The number of ether oxygens (including phenoxy) is 1. The molecule has 1 atom stereocenters. The van der Waals surface area contributed by atoms with Crippen LogP contribution in [0.25, 0.3) is 0 Å². The number of rotatable bonds is 3. The van der Waals surface area contributed by atoms with Crippen molar-refractivity contribution in [3.8, 4) is 0 Å². The number of nitrogens with zero attached hydrogens (tertiary/aromatic N) is 3. The fraction of sp³-hybridized carbons (Fsp3) is 0.500. The molecular weight excluding hydrogens is 250 g/mol. The highest BCUT2D eigenvalue weighted by atomic mass is 32.1. The highest BCUT2D eigenvalue weighted by Gasteiger charge is 2.27. The predicted octanol–water partition coefficient (Wildman–Crippen LogP) is 2.01. The molecule has 96 valence electrons. The molecule has 3 heterocycles. The van der Waals surface area contributed by atoms with Gasteiger partial charge in [0.2, 0.25) is 0 Å². The van der Waals surface area contributed by atoms with Gasteiger partial charge in [0.1, 0.15) is 11.3 Å². The normalized spacial score (nSPS) is 21.3. The molecule has 1 unspecified atom stereocenters. The number of hydrogen-bond acceptors (Lipinski definition) is 6. The maximum atomic E-state index is 5.58. The summed E-state index contributed by atoms with van der Waals surface area (Å²) in [5, 5.41) is 3.20. The molecule has 0 aliphatic carbocycles. The number of oxazole rings is 1. The SMILES string of the molecule is Cc1csc(C2COCCN2Cc2cocn2)n1. The maximum absolute atomic E-state index is 5.58. The summed E-state index contributed by atoms with van der Waals surface area (Å²) < 4.78 is 10.6. The van der Waals surface area contributed by atoms with E-state index < -0.39 is 0 Å². The number of thiazole rings is 1. The van der Waals surface area contributed by atoms with Gasteiger partial charge in [0, 0.05) is 24.2 Å². The van der Waals surface area contributed by atoms with E-state index in [-0.39, 0.29) is 6.04 Å². The Morgan fingerprint density at radius 1 is 1.56 bits per heavy atom. The fourth-order valence-corrected chi connectivity index (χ4v) is 3.02. The summed E-state index contributed by atoms with van der Waals surface area (Å²) in [5.74, 6) is 0. The van der Waals surface area contributed by atoms with Crippen LogP contribution < -0.4 is 0 Å². The van der Waals surface area contributed by atoms with Crippen LogP contribution in [0.5, 0.6) is 0 Å². The van der Waals surface area contributed by atoms with Crippen LogP contribution in [0.2, 0.25) is 0 Å². The first kappa shape index (κ1) is 11.8. The van der Waals surface area contributed by atoms with Crippen LogP contribution in [0.4, 0.5) is 0 Å². The second kappa shape index (κ2) is 5.17. The molecule has 0 amide bonds. The molecule has 18 heavy (non-hydrogen) atoms. The van der Waals surface area contributed by atoms with Gasteiger partial charge < -0.3 is 9.15 Å². The summed E-state index contributed by atoms with van der Waals surface area (Å²) in [6, 6.07) is 0.231. The van der Waals surface area contributed by atoms with E-state index >= 15 is 0 Å². The third-order valence-electron chi connectivity index (χ3n) is 3.01. The fourth-order valence-electron chi connectivity index (χ4n) is 2.10. The zero-order valence-corrected chi connectivity index (χ0v) is 11.0. The van der Waals surface area contributed by atoms with Crippen LogP contribution in [-0.2, 0) is 11.3 Å². The van der Waals surface area contributed by atoms with Gasteiger partial charge in [-0.3, -0.25) is 4.90 Å². The van der Waals surface area contributed by atoms with Gasteiger partial charge in [0.15, 0.2) is 6.39 Å². The minimum atomic E-state index is 0.231. The van der Waals surface area contributed by atoms with E-state index in [1.165, 1.54) is 6.39 Å². The molecule has 1 saturated heterocycles. The lowest BCUT2D eigenvalue weighted by Gasteiger charge is -2.33. The zero-order valence-electron chi connectivity index (χ0n) is 10.2. The van der Waals surface area contributed by atoms with Gasteiger partial charge in [-0.15, -0.1) is 11.3 Å². The van der Waals surface area contributed by atoms with E-state index in [1.807, 2.05) is 6.92 Å². The molecule has 0 saturated carbocycles. The molecule has 0 radical (unpaired) electrons. The summed E-state index contributed by atoms with van der Waals surface area (Å²) in [4.78, 5) is 11.1. The smallest absolute Gasteiger partial charge is 0.180 e. The molecule has 0 spiro atoms. The van der Waals surface area contributed by atoms with Crippen molar-refractivity contribution in [2.24, 2.45) is 0 Å². The minimum Gasteiger partial charge on any atom is -0.451 e.